The molecule has 5 heteroatoms. The number of benzene rings is 2. The summed E-state index contributed by atoms with van der Waals surface area (Å²) in [6.45, 7) is 8.85. The van der Waals surface area contributed by atoms with Crippen molar-refractivity contribution in [3.63, 3.8) is 0 Å². The third-order valence-corrected chi connectivity index (χ3v) is 10.5. The first kappa shape index (κ1) is 24.1. The summed E-state index contributed by atoms with van der Waals surface area (Å²) in [7, 11) is -1.32. The van der Waals surface area contributed by atoms with Crippen molar-refractivity contribution >= 4 is 24.7 Å². The van der Waals surface area contributed by atoms with Crippen molar-refractivity contribution in [3.8, 4) is 0 Å². The van der Waals surface area contributed by atoms with Crippen molar-refractivity contribution in [1.29, 1.82) is 0 Å². The molecule has 0 radical (unpaired) electrons. The SMILES string of the molecule is COC(=O)/C=C/C[C@@H](C)[C@@H](O)CO[Si](c1ccccc1)(c1ccccc1)C(C)(C)C. The number of allylic oxidation sites excluding steroid dienone is 1. The largest absolute Gasteiger partial charge is 0.466 e. The highest BCUT2D eigenvalue weighted by atomic mass is 28.4. The fourth-order valence-electron chi connectivity index (χ4n) is 3.74. The van der Waals surface area contributed by atoms with Crippen LogP contribution in [0.15, 0.2) is 72.8 Å². The second kappa shape index (κ2) is 10.7. The highest BCUT2D eigenvalue weighted by molar-refractivity contribution is 6.99. The van der Waals surface area contributed by atoms with E-state index < -0.39 is 14.4 Å². The van der Waals surface area contributed by atoms with Gasteiger partial charge in [-0.1, -0.05) is 94.4 Å². The minimum atomic E-state index is -2.67. The van der Waals surface area contributed by atoms with E-state index in [1.54, 1.807) is 6.08 Å². The molecule has 0 heterocycles. The van der Waals surface area contributed by atoms with Gasteiger partial charge in [0.1, 0.15) is 0 Å². The second-order valence-corrected chi connectivity index (χ2v) is 13.0. The van der Waals surface area contributed by atoms with Crippen molar-refractivity contribution in [2.24, 2.45) is 5.92 Å². The van der Waals surface area contributed by atoms with E-state index in [2.05, 4.69) is 49.8 Å². The lowest BCUT2D eigenvalue weighted by Gasteiger charge is -2.43. The maximum absolute atomic E-state index is 11.3. The summed E-state index contributed by atoms with van der Waals surface area (Å²) in [5, 5.41) is 13.1. The van der Waals surface area contributed by atoms with Crippen LogP contribution in [0.25, 0.3) is 0 Å². The minimum Gasteiger partial charge on any atom is -0.466 e. The van der Waals surface area contributed by atoms with Gasteiger partial charge in [-0.05, 0) is 27.8 Å². The Hall–Kier alpha value is -2.21. The van der Waals surface area contributed by atoms with Crippen LogP contribution >= 0.6 is 0 Å². The molecule has 1 N–H and O–H groups in total. The monoisotopic (exact) mass is 426 g/mol. The van der Waals surface area contributed by atoms with Gasteiger partial charge in [-0.25, -0.2) is 4.79 Å². The van der Waals surface area contributed by atoms with E-state index in [4.69, 9.17) is 4.43 Å². The van der Waals surface area contributed by atoms with Gasteiger partial charge >= 0.3 is 5.97 Å². The molecule has 30 heavy (non-hydrogen) atoms. The lowest BCUT2D eigenvalue weighted by molar-refractivity contribution is -0.134. The van der Waals surface area contributed by atoms with E-state index in [1.807, 2.05) is 43.3 Å². The molecule has 0 spiro atoms. The molecule has 4 nitrogen and oxygen atoms in total. The first-order chi connectivity index (χ1) is 14.2. The lowest BCUT2D eigenvalue weighted by atomic mass is 10.0. The number of hydrogen-bond donors (Lipinski definition) is 1. The number of carbonyl (C=O) groups is 1. The predicted octanol–water partition coefficient (Wildman–Crippen LogP) is 3.68. The molecule has 162 valence electrons. The fraction of sp³-hybridized carbons (Fsp3) is 0.400. The molecule has 2 aromatic carbocycles. The third-order valence-electron chi connectivity index (χ3n) is 5.51. The Bertz CT molecular complexity index is 773. The molecule has 0 aliphatic heterocycles. The summed E-state index contributed by atoms with van der Waals surface area (Å²) in [5.41, 5.74) is 0. The highest BCUT2D eigenvalue weighted by Crippen LogP contribution is 2.37. The molecular weight excluding hydrogens is 392 g/mol. The van der Waals surface area contributed by atoms with Gasteiger partial charge in [0.05, 0.1) is 19.8 Å². The number of methoxy groups -OCH3 is 1. The maximum Gasteiger partial charge on any atom is 0.330 e. The summed E-state index contributed by atoms with van der Waals surface area (Å²) in [6.07, 6.45) is 3.06. The summed E-state index contributed by atoms with van der Waals surface area (Å²) in [6, 6.07) is 20.8. The quantitative estimate of drug-likeness (QED) is 0.378. The molecule has 0 unspecified atom stereocenters. The summed E-state index contributed by atoms with van der Waals surface area (Å²) in [4.78, 5) is 11.3. The Balaban J connectivity index is 2.30. The van der Waals surface area contributed by atoms with Crippen molar-refractivity contribution < 1.29 is 19.1 Å². The lowest BCUT2D eigenvalue weighted by Crippen LogP contribution is -2.67. The Morgan fingerprint density at radius 3 is 1.97 bits per heavy atom. The Labute approximate surface area is 181 Å². The van der Waals surface area contributed by atoms with Gasteiger partial charge in [-0.3, -0.25) is 0 Å². The molecule has 2 atom stereocenters. The fourth-order valence-corrected chi connectivity index (χ4v) is 8.32. The summed E-state index contributed by atoms with van der Waals surface area (Å²) in [5.74, 6) is -0.440. The first-order valence-corrected chi connectivity index (χ1v) is 12.3. The number of rotatable bonds is 9. The first-order valence-electron chi connectivity index (χ1n) is 10.4. The topological polar surface area (TPSA) is 55.8 Å². The Morgan fingerprint density at radius 2 is 1.53 bits per heavy atom. The second-order valence-electron chi connectivity index (χ2n) is 8.68. The van der Waals surface area contributed by atoms with Crippen LogP contribution in [0, 0.1) is 5.92 Å². The van der Waals surface area contributed by atoms with E-state index in [-0.39, 0.29) is 23.5 Å². The standard InChI is InChI=1S/C25H34O4Si/c1-20(13-12-18-24(27)28-5)23(26)19-29-30(25(2,3)4,21-14-8-6-9-15-21)22-16-10-7-11-17-22/h6-12,14-18,20,23,26H,13,19H2,1-5H3/b18-12+/t20-,23+/m1/s1. The molecule has 0 bridgehead atoms. The molecule has 0 aliphatic carbocycles. The van der Waals surface area contributed by atoms with Crippen molar-refractivity contribution in [3.05, 3.63) is 72.8 Å². The molecule has 0 aliphatic rings. The summed E-state index contributed by atoms with van der Waals surface area (Å²) >= 11 is 0. The highest BCUT2D eigenvalue weighted by Gasteiger charge is 2.50. The molecule has 2 rings (SSSR count). The van der Waals surface area contributed by atoms with E-state index >= 15 is 0 Å². The van der Waals surface area contributed by atoms with Crippen LogP contribution in [0.2, 0.25) is 5.04 Å². The smallest absolute Gasteiger partial charge is 0.330 e. The average molecular weight is 427 g/mol. The molecule has 0 saturated carbocycles. The molecule has 2 aromatic rings. The number of aliphatic hydroxyl groups is 1. The number of aliphatic hydroxyl groups excluding tert-OH is 1. The van der Waals surface area contributed by atoms with Gasteiger partial charge in [0.15, 0.2) is 0 Å². The van der Waals surface area contributed by atoms with Crippen LogP contribution in [0.1, 0.15) is 34.1 Å². The van der Waals surface area contributed by atoms with Crippen molar-refractivity contribution in [2.45, 2.75) is 45.3 Å². The van der Waals surface area contributed by atoms with Crippen LogP contribution in [-0.4, -0.2) is 39.2 Å². The third kappa shape index (κ3) is 5.69. The number of ether oxygens (including phenoxy) is 1. The number of esters is 1. The van der Waals surface area contributed by atoms with Gasteiger partial charge in [0.25, 0.3) is 8.32 Å². The summed E-state index contributed by atoms with van der Waals surface area (Å²) < 4.78 is 11.4. The van der Waals surface area contributed by atoms with Crippen LogP contribution in [-0.2, 0) is 14.0 Å². The zero-order chi connectivity index (χ0) is 22.2. The van der Waals surface area contributed by atoms with Gasteiger partial charge in [-0.2, -0.15) is 0 Å². The van der Waals surface area contributed by atoms with Gasteiger partial charge in [0, 0.05) is 6.08 Å². The molecule has 0 saturated heterocycles. The van der Waals surface area contributed by atoms with Crippen molar-refractivity contribution in [2.75, 3.05) is 13.7 Å². The number of carbonyl (C=O) groups excluding carboxylic acids is 1. The minimum absolute atomic E-state index is 0.0517. The number of hydrogen-bond acceptors (Lipinski definition) is 4. The molecule has 0 aromatic heterocycles. The average Bonchev–Trinajstić information content (AvgIpc) is 2.74. The van der Waals surface area contributed by atoms with Crippen LogP contribution in [0.5, 0.6) is 0 Å². The molecule has 0 fully saturated rings. The van der Waals surface area contributed by atoms with E-state index in [0.717, 1.165) is 0 Å². The predicted molar refractivity (Wildman–Crippen MR) is 125 cm³/mol. The normalized spacial score (nSPS) is 14.5. The van der Waals surface area contributed by atoms with Crippen molar-refractivity contribution in [1.82, 2.24) is 0 Å². The van der Waals surface area contributed by atoms with Gasteiger partial charge in [-0.15, -0.1) is 0 Å². The van der Waals surface area contributed by atoms with Crippen LogP contribution < -0.4 is 10.4 Å². The van der Waals surface area contributed by atoms with E-state index in [1.165, 1.54) is 23.6 Å². The van der Waals surface area contributed by atoms with Crippen LogP contribution in [0.3, 0.4) is 0 Å². The maximum atomic E-state index is 11.3. The molecule has 0 amide bonds. The van der Waals surface area contributed by atoms with Gasteiger partial charge < -0.3 is 14.3 Å². The van der Waals surface area contributed by atoms with E-state index in [0.29, 0.717) is 6.42 Å². The zero-order valence-corrected chi connectivity index (χ0v) is 19.7. The Morgan fingerprint density at radius 1 is 1.03 bits per heavy atom. The Kier molecular flexibility index (Phi) is 8.59. The van der Waals surface area contributed by atoms with E-state index in [9.17, 15) is 9.90 Å². The molecular formula is C25H34O4Si. The van der Waals surface area contributed by atoms with Crippen LogP contribution in [0.4, 0.5) is 0 Å². The van der Waals surface area contributed by atoms with Gasteiger partial charge in [0.2, 0.25) is 0 Å². The zero-order valence-electron chi connectivity index (χ0n) is 18.7.